The maximum Gasteiger partial charge on any atom is 0.339 e. The van der Waals surface area contributed by atoms with E-state index in [0.717, 1.165) is 0 Å². The molecule has 9 heteroatoms. The second-order valence-corrected chi connectivity index (χ2v) is 4.19. The number of aryl methyl sites for hydroxylation is 1. The topological polar surface area (TPSA) is 130 Å². The standard InChI is InChI=1S/C12H14N4O5/c1-7-9(11(17)18)4-8(21-7)5-14-12(19)13-3-2-10-15-6-20-16-10/h4,6H,2-3,5H2,1H3,(H,17,18)(H2,13,14,19). The minimum atomic E-state index is -1.06. The van der Waals surface area contributed by atoms with Crippen molar-refractivity contribution in [2.45, 2.75) is 19.9 Å². The lowest BCUT2D eigenvalue weighted by molar-refractivity contribution is 0.0695. The highest BCUT2D eigenvalue weighted by molar-refractivity contribution is 5.88. The third kappa shape index (κ3) is 4.06. The molecule has 3 N–H and O–H groups in total. The Hall–Kier alpha value is -2.84. The minimum absolute atomic E-state index is 0.0873. The lowest BCUT2D eigenvalue weighted by atomic mass is 10.2. The van der Waals surface area contributed by atoms with Crippen molar-refractivity contribution in [3.05, 3.63) is 35.4 Å². The first-order valence-electron chi connectivity index (χ1n) is 6.16. The fourth-order valence-corrected chi connectivity index (χ4v) is 1.66. The molecular formula is C12H14N4O5. The van der Waals surface area contributed by atoms with Crippen molar-refractivity contribution in [1.29, 1.82) is 0 Å². The van der Waals surface area contributed by atoms with Gasteiger partial charge in [-0.1, -0.05) is 5.16 Å². The van der Waals surface area contributed by atoms with Crippen LogP contribution in [0.4, 0.5) is 4.79 Å². The van der Waals surface area contributed by atoms with E-state index < -0.39 is 12.0 Å². The Balaban J connectivity index is 1.73. The van der Waals surface area contributed by atoms with Crippen molar-refractivity contribution >= 4 is 12.0 Å². The highest BCUT2D eigenvalue weighted by Crippen LogP contribution is 2.14. The third-order valence-corrected chi connectivity index (χ3v) is 2.66. The summed E-state index contributed by atoms with van der Waals surface area (Å²) < 4.78 is 9.79. The zero-order valence-electron chi connectivity index (χ0n) is 11.3. The highest BCUT2D eigenvalue weighted by atomic mass is 16.5. The van der Waals surface area contributed by atoms with Crippen molar-refractivity contribution in [2.75, 3.05) is 6.54 Å². The maximum absolute atomic E-state index is 11.5. The number of furan rings is 1. The summed E-state index contributed by atoms with van der Waals surface area (Å²) in [5.41, 5.74) is 0.0873. The number of nitrogens with zero attached hydrogens (tertiary/aromatic N) is 2. The predicted molar refractivity (Wildman–Crippen MR) is 68.6 cm³/mol. The largest absolute Gasteiger partial charge is 0.478 e. The van der Waals surface area contributed by atoms with Crippen molar-refractivity contribution in [1.82, 2.24) is 20.8 Å². The minimum Gasteiger partial charge on any atom is -0.478 e. The van der Waals surface area contributed by atoms with Crippen LogP contribution >= 0.6 is 0 Å². The van der Waals surface area contributed by atoms with Gasteiger partial charge in [-0.25, -0.2) is 9.59 Å². The molecular weight excluding hydrogens is 280 g/mol. The van der Waals surface area contributed by atoms with Gasteiger partial charge in [-0.3, -0.25) is 0 Å². The van der Waals surface area contributed by atoms with Gasteiger partial charge in [0.2, 0.25) is 6.39 Å². The van der Waals surface area contributed by atoms with Crippen LogP contribution < -0.4 is 10.6 Å². The summed E-state index contributed by atoms with van der Waals surface area (Å²) in [6, 6.07) is 0.987. The Morgan fingerprint density at radius 2 is 2.19 bits per heavy atom. The molecule has 2 rings (SSSR count). The SMILES string of the molecule is Cc1oc(CNC(=O)NCCc2ncon2)cc1C(=O)O. The first kappa shape index (κ1) is 14.6. The Labute approximate surface area is 119 Å². The lowest BCUT2D eigenvalue weighted by Gasteiger charge is -2.04. The van der Waals surface area contributed by atoms with E-state index in [1.54, 1.807) is 6.92 Å². The Morgan fingerprint density at radius 3 is 2.81 bits per heavy atom. The number of amides is 2. The fourth-order valence-electron chi connectivity index (χ4n) is 1.66. The van der Waals surface area contributed by atoms with Crippen LogP contribution in [0.25, 0.3) is 0 Å². The van der Waals surface area contributed by atoms with Crippen molar-refractivity contribution in [3.63, 3.8) is 0 Å². The number of carbonyl (C=O) groups is 2. The Kier molecular flexibility index (Phi) is 4.54. The Morgan fingerprint density at radius 1 is 1.38 bits per heavy atom. The van der Waals surface area contributed by atoms with Crippen LogP contribution in [0, 0.1) is 6.92 Å². The highest BCUT2D eigenvalue weighted by Gasteiger charge is 2.14. The van der Waals surface area contributed by atoms with E-state index in [0.29, 0.717) is 30.3 Å². The molecule has 9 nitrogen and oxygen atoms in total. The number of aromatic carboxylic acids is 1. The predicted octanol–water partition coefficient (Wildman–Crippen LogP) is 0.711. The van der Waals surface area contributed by atoms with E-state index in [9.17, 15) is 9.59 Å². The van der Waals surface area contributed by atoms with Gasteiger partial charge in [0.05, 0.1) is 6.54 Å². The number of urea groups is 1. The van der Waals surface area contributed by atoms with Crippen molar-refractivity contribution < 1.29 is 23.6 Å². The number of nitrogens with one attached hydrogen (secondary N) is 2. The molecule has 0 saturated heterocycles. The van der Waals surface area contributed by atoms with Crippen LogP contribution in [0.2, 0.25) is 0 Å². The number of carboxylic acid groups (broad SMARTS) is 1. The molecule has 2 amide bonds. The van der Waals surface area contributed by atoms with E-state index in [2.05, 4.69) is 25.3 Å². The number of hydrogen-bond donors (Lipinski definition) is 3. The summed E-state index contributed by atoms with van der Waals surface area (Å²) in [6.07, 6.45) is 1.67. The Bertz CT molecular complexity index is 620. The van der Waals surface area contributed by atoms with E-state index in [1.807, 2.05) is 0 Å². The molecule has 0 saturated carbocycles. The average molecular weight is 294 g/mol. The zero-order chi connectivity index (χ0) is 15.2. The quantitative estimate of drug-likeness (QED) is 0.715. The van der Waals surface area contributed by atoms with Gasteiger partial charge in [0, 0.05) is 13.0 Å². The number of carboxylic acids is 1. The van der Waals surface area contributed by atoms with Gasteiger partial charge >= 0.3 is 12.0 Å². The van der Waals surface area contributed by atoms with Crippen LogP contribution in [0.3, 0.4) is 0 Å². The number of aromatic nitrogens is 2. The van der Waals surface area contributed by atoms with Crippen LogP contribution in [0.5, 0.6) is 0 Å². The second kappa shape index (κ2) is 6.55. The molecule has 2 aromatic rings. The third-order valence-electron chi connectivity index (χ3n) is 2.66. The van der Waals surface area contributed by atoms with Gasteiger partial charge in [0.25, 0.3) is 0 Å². The summed E-state index contributed by atoms with van der Waals surface area (Å²) >= 11 is 0. The van der Waals surface area contributed by atoms with Crippen molar-refractivity contribution in [3.8, 4) is 0 Å². The van der Waals surface area contributed by atoms with Crippen LogP contribution in [-0.4, -0.2) is 33.8 Å². The summed E-state index contributed by atoms with van der Waals surface area (Å²) in [5, 5.41) is 17.7. The van der Waals surface area contributed by atoms with E-state index in [-0.39, 0.29) is 12.1 Å². The number of hydrogen-bond acceptors (Lipinski definition) is 6. The molecule has 112 valence electrons. The number of carbonyl (C=O) groups excluding carboxylic acids is 1. The van der Waals surface area contributed by atoms with Crippen LogP contribution in [-0.2, 0) is 13.0 Å². The zero-order valence-corrected chi connectivity index (χ0v) is 11.3. The summed E-state index contributed by atoms with van der Waals surface area (Å²) in [4.78, 5) is 26.2. The molecule has 0 aromatic carbocycles. The van der Waals surface area contributed by atoms with Crippen molar-refractivity contribution in [2.24, 2.45) is 0 Å². The van der Waals surface area contributed by atoms with Gasteiger partial charge in [0.1, 0.15) is 17.1 Å². The summed E-state index contributed by atoms with van der Waals surface area (Å²) in [5.74, 6) is 0.116. The molecule has 0 aliphatic heterocycles. The van der Waals surface area contributed by atoms with Crippen LogP contribution in [0.15, 0.2) is 21.4 Å². The molecule has 0 radical (unpaired) electrons. The van der Waals surface area contributed by atoms with Crippen LogP contribution in [0.1, 0.15) is 27.7 Å². The van der Waals surface area contributed by atoms with Gasteiger partial charge < -0.3 is 24.7 Å². The van der Waals surface area contributed by atoms with Gasteiger partial charge in [-0.05, 0) is 13.0 Å². The average Bonchev–Trinajstić information content (AvgIpc) is 3.06. The smallest absolute Gasteiger partial charge is 0.339 e. The molecule has 21 heavy (non-hydrogen) atoms. The first-order chi connectivity index (χ1) is 10.1. The number of rotatable bonds is 6. The monoisotopic (exact) mass is 294 g/mol. The fraction of sp³-hybridized carbons (Fsp3) is 0.333. The molecule has 0 atom stereocenters. The normalized spacial score (nSPS) is 10.3. The van der Waals surface area contributed by atoms with E-state index in [4.69, 9.17) is 9.52 Å². The molecule has 0 unspecified atom stereocenters. The van der Waals surface area contributed by atoms with Gasteiger partial charge in [-0.2, -0.15) is 4.98 Å². The molecule has 2 heterocycles. The van der Waals surface area contributed by atoms with Gasteiger partial charge in [-0.15, -0.1) is 0 Å². The second-order valence-electron chi connectivity index (χ2n) is 4.19. The molecule has 0 spiro atoms. The first-order valence-corrected chi connectivity index (χ1v) is 6.16. The molecule has 2 aromatic heterocycles. The molecule has 0 bridgehead atoms. The summed E-state index contributed by atoms with van der Waals surface area (Å²) in [7, 11) is 0. The molecule has 0 aliphatic rings. The molecule has 0 fully saturated rings. The van der Waals surface area contributed by atoms with Gasteiger partial charge in [0.15, 0.2) is 5.82 Å². The maximum atomic E-state index is 11.5. The lowest BCUT2D eigenvalue weighted by Crippen LogP contribution is -2.36. The van der Waals surface area contributed by atoms with E-state index in [1.165, 1.54) is 12.5 Å². The summed E-state index contributed by atoms with van der Waals surface area (Å²) in [6.45, 7) is 2.00. The molecule has 0 aliphatic carbocycles. The van der Waals surface area contributed by atoms with E-state index >= 15 is 0 Å².